The third-order valence-electron chi connectivity index (χ3n) is 4.54. The normalized spacial score (nSPS) is 10.6. The quantitative estimate of drug-likeness (QED) is 0.339. The lowest BCUT2D eigenvalue weighted by atomic mass is 10.1. The molecule has 0 bridgehead atoms. The Balaban J connectivity index is 1.75. The summed E-state index contributed by atoms with van der Waals surface area (Å²) in [6.07, 6.45) is 5.76. The van der Waals surface area contributed by atoms with Crippen LogP contribution in [0, 0.1) is 11.6 Å². The fraction of sp³-hybridized carbons (Fsp3) is 0.0435. The maximum Gasteiger partial charge on any atom is 0.247 e. The molecule has 2 aromatic carbocycles. The number of anilines is 3. The highest BCUT2D eigenvalue weighted by Gasteiger charge is 2.17. The molecular formula is C23H17ClF2N6O2. The van der Waals surface area contributed by atoms with Crippen LogP contribution in [0.3, 0.4) is 0 Å². The number of carbonyl (C=O) groups is 1. The highest BCUT2D eigenvalue weighted by molar-refractivity contribution is 6.30. The molecule has 4 rings (SSSR count). The van der Waals surface area contributed by atoms with Gasteiger partial charge < -0.3 is 15.4 Å². The molecule has 34 heavy (non-hydrogen) atoms. The van der Waals surface area contributed by atoms with Crippen LogP contribution in [0.4, 0.5) is 26.1 Å². The van der Waals surface area contributed by atoms with Gasteiger partial charge in [-0.1, -0.05) is 24.2 Å². The molecule has 0 saturated carbocycles. The number of hydrogen-bond donors (Lipinski definition) is 2. The van der Waals surface area contributed by atoms with Crippen molar-refractivity contribution < 1.29 is 18.3 Å². The number of halogens is 3. The summed E-state index contributed by atoms with van der Waals surface area (Å²) in [4.78, 5) is 20.2. The van der Waals surface area contributed by atoms with E-state index >= 15 is 0 Å². The van der Waals surface area contributed by atoms with Gasteiger partial charge in [-0.2, -0.15) is 10.1 Å². The molecule has 0 fully saturated rings. The topological polar surface area (TPSA) is 94.0 Å². The van der Waals surface area contributed by atoms with Crippen LogP contribution in [-0.4, -0.2) is 25.7 Å². The standard InChI is InChI=1S/C23H17ClF2N6O2/c1-3-21(33)29-14-5-7-18(25)20(9-14)34-22-16(13-4-6-17(24)19(26)8-13)11-27-23(31-22)30-15-10-28-32(2)12-15/h3-12H,1H2,2H3,(H,29,33)(H,27,30,31). The maximum atomic E-state index is 14.6. The number of benzene rings is 2. The minimum Gasteiger partial charge on any atom is -0.435 e. The minimum atomic E-state index is -0.704. The van der Waals surface area contributed by atoms with Gasteiger partial charge >= 0.3 is 0 Å². The Morgan fingerprint density at radius 1 is 1.15 bits per heavy atom. The summed E-state index contributed by atoms with van der Waals surface area (Å²) in [5.74, 6) is -1.97. The van der Waals surface area contributed by atoms with E-state index in [2.05, 4.69) is 32.3 Å². The molecule has 11 heteroatoms. The summed E-state index contributed by atoms with van der Waals surface area (Å²) >= 11 is 5.80. The third-order valence-corrected chi connectivity index (χ3v) is 4.84. The van der Waals surface area contributed by atoms with Crippen molar-refractivity contribution in [1.82, 2.24) is 19.7 Å². The summed E-state index contributed by atoms with van der Waals surface area (Å²) < 4.78 is 36.1. The van der Waals surface area contributed by atoms with Gasteiger partial charge in [0.25, 0.3) is 0 Å². The lowest BCUT2D eigenvalue weighted by Gasteiger charge is -2.13. The monoisotopic (exact) mass is 482 g/mol. The van der Waals surface area contributed by atoms with Crippen molar-refractivity contribution in [3.8, 4) is 22.8 Å². The number of aryl methyl sites for hydroxylation is 1. The average Bonchev–Trinajstić information content (AvgIpc) is 3.22. The van der Waals surface area contributed by atoms with Crippen molar-refractivity contribution in [3.05, 3.63) is 84.3 Å². The van der Waals surface area contributed by atoms with Crippen molar-refractivity contribution >= 4 is 34.8 Å². The van der Waals surface area contributed by atoms with E-state index in [1.165, 1.54) is 30.5 Å². The number of rotatable bonds is 7. The Bertz CT molecular complexity index is 1390. The van der Waals surface area contributed by atoms with E-state index in [1.807, 2.05) is 0 Å². The SMILES string of the molecule is C=CC(=O)Nc1ccc(F)c(Oc2nc(Nc3cnn(C)c3)ncc2-c2ccc(Cl)c(F)c2)c1. The number of carbonyl (C=O) groups excluding carboxylic acids is 1. The molecule has 2 N–H and O–H groups in total. The molecular weight excluding hydrogens is 466 g/mol. The summed E-state index contributed by atoms with van der Waals surface area (Å²) in [6, 6.07) is 7.92. The molecule has 2 aromatic heterocycles. The zero-order valence-electron chi connectivity index (χ0n) is 17.7. The molecule has 172 valence electrons. The zero-order valence-corrected chi connectivity index (χ0v) is 18.5. The van der Waals surface area contributed by atoms with E-state index in [-0.39, 0.29) is 33.9 Å². The second kappa shape index (κ2) is 9.67. The summed E-state index contributed by atoms with van der Waals surface area (Å²) in [7, 11) is 1.75. The third kappa shape index (κ3) is 5.18. The van der Waals surface area contributed by atoms with E-state index in [9.17, 15) is 13.6 Å². The van der Waals surface area contributed by atoms with E-state index in [0.717, 1.165) is 12.1 Å². The van der Waals surface area contributed by atoms with E-state index in [4.69, 9.17) is 16.3 Å². The Morgan fingerprint density at radius 2 is 1.97 bits per heavy atom. The molecule has 0 saturated heterocycles. The van der Waals surface area contributed by atoms with Gasteiger partial charge in [-0.3, -0.25) is 9.48 Å². The van der Waals surface area contributed by atoms with Crippen molar-refractivity contribution in [2.24, 2.45) is 7.05 Å². The van der Waals surface area contributed by atoms with E-state index in [1.54, 1.807) is 30.2 Å². The lowest BCUT2D eigenvalue weighted by molar-refractivity contribution is -0.111. The first-order valence-electron chi connectivity index (χ1n) is 9.81. The molecule has 8 nitrogen and oxygen atoms in total. The van der Waals surface area contributed by atoms with Gasteiger partial charge in [0.2, 0.25) is 17.7 Å². The van der Waals surface area contributed by atoms with Crippen molar-refractivity contribution in [1.29, 1.82) is 0 Å². The van der Waals surface area contributed by atoms with Crippen LogP contribution in [0.1, 0.15) is 0 Å². The number of nitrogens with one attached hydrogen (secondary N) is 2. The number of aromatic nitrogens is 4. The van der Waals surface area contributed by atoms with Crippen molar-refractivity contribution in [3.63, 3.8) is 0 Å². The molecule has 0 unspecified atom stereocenters. The first kappa shape index (κ1) is 22.9. The molecule has 0 atom stereocenters. The molecule has 0 aliphatic heterocycles. The predicted octanol–water partition coefficient (Wildman–Crippen LogP) is 5.47. The first-order valence-corrected chi connectivity index (χ1v) is 10.2. The van der Waals surface area contributed by atoms with Crippen LogP contribution in [-0.2, 0) is 11.8 Å². The molecule has 0 aliphatic rings. The Kier molecular flexibility index (Phi) is 6.51. The van der Waals surface area contributed by atoms with E-state index < -0.39 is 17.5 Å². The van der Waals surface area contributed by atoms with Crippen LogP contribution in [0.25, 0.3) is 11.1 Å². The Morgan fingerprint density at radius 3 is 2.68 bits per heavy atom. The molecule has 0 radical (unpaired) electrons. The highest BCUT2D eigenvalue weighted by atomic mass is 35.5. The zero-order chi connectivity index (χ0) is 24.2. The highest BCUT2D eigenvalue weighted by Crippen LogP contribution is 2.35. The molecule has 0 spiro atoms. The average molecular weight is 483 g/mol. The smallest absolute Gasteiger partial charge is 0.247 e. The van der Waals surface area contributed by atoms with Gasteiger partial charge in [0.15, 0.2) is 11.6 Å². The Labute approximate surface area is 197 Å². The van der Waals surface area contributed by atoms with Crippen LogP contribution in [0.5, 0.6) is 11.6 Å². The van der Waals surface area contributed by atoms with Crippen molar-refractivity contribution in [2.45, 2.75) is 0 Å². The van der Waals surface area contributed by atoms with Gasteiger partial charge in [0, 0.05) is 31.2 Å². The van der Waals surface area contributed by atoms with E-state index in [0.29, 0.717) is 11.3 Å². The first-order chi connectivity index (χ1) is 16.3. The predicted molar refractivity (Wildman–Crippen MR) is 124 cm³/mol. The molecule has 1 amide bonds. The molecule has 0 aliphatic carbocycles. The maximum absolute atomic E-state index is 14.6. The Hall–Kier alpha value is -4.31. The largest absolute Gasteiger partial charge is 0.435 e. The fourth-order valence-corrected chi connectivity index (χ4v) is 3.06. The molecule has 4 aromatic rings. The van der Waals surface area contributed by atoms with Crippen molar-refractivity contribution in [2.75, 3.05) is 10.6 Å². The van der Waals surface area contributed by atoms with Crippen LogP contribution < -0.4 is 15.4 Å². The lowest BCUT2D eigenvalue weighted by Crippen LogP contribution is -2.07. The van der Waals surface area contributed by atoms with Gasteiger partial charge in [-0.25, -0.2) is 13.8 Å². The number of amides is 1. The van der Waals surface area contributed by atoms with Crippen LogP contribution in [0.2, 0.25) is 5.02 Å². The van der Waals surface area contributed by atoms with Gasteiger partial charge in [-0.05, 0) is 35.9 Å². The second-order valence-corrected chi connectivity index (χ2v) is 7.42. The second-order valence-electron chi connectivity index (χ2n) is 7.01. The van der Waals surface area contributed by atoms with Gasteiger partial charge in [0.1, 0.15) is 5.82 Å². The summed E-state index contributed by atoms with van der Waals surface area (Å²) in [5.41, 5.74) is 1.54. The molecule has 2 heterocycles. The number of ether oxygens (including phenoxy) is 1. The number of hydrogen-bond acceptors (Lipinski definition) is 6. The van der Waals surface area contributed by atoms with Gasteiger partial charge in [0.05, 0.1) is 22.5 Å². The van der Waals surface area contributed by atoms with Crippen LogP contribution >= 0.6 is 11.6 Å². The summed E-state index contributed by atoms with van der Waals surface area (Å²) in [5, 5.41) is 9.50. The summed E-state index contributed by atoms with van der Waals surface area (Å²) in [6.45, 7) is 3.38. The fourth-order valence-electron chi connectivity index (χ4n) is 2.94. The minimum absolute atomic E-state index is 0.0568. The van der Waals surface area contributed by atoms with Crippen LogP contribution in [0.15, 0.2) is 67.6 Å². The number of nitrogens with zero attached hydrogens (tertiary/aromatic N) is 4. The van der Waals surface area contributed by atoms with Gasteiger partial charge in [-0.15, -0.1) is 0 Å².